The van der Waals surface area contributed by atoms with Gasteiger partial charge in [-0.25, -0.2) is 17.9 Å². The highest BCUT2D eigenvalue weighted by Crippen LogP contribution is 2.22. The summed E-state index contributed by atoms with van der Waals surface area (Å²) < 4.78 is 30.9. The number of hydrogen-bond acceptors (Lipinski definition) is 5. The molecule has 0 radical (unpaired) electrons. The van der Waals surface area contributed by atoms with Gasteiger partial charge in [-0.15, -0.1) is 0 Å². The van der Waals surface area contributed by atoms with Crippen LogP contribution in [0.3, 0.4) is 0 Å². The number of sulfonamides is 1. The molecule has 2 rings (SSSR count). The highest BCUT2D eigenvalue weighted by Gasteiger charge is 2.25. The number of nitrogens with zero attached hydrogens (tertiary/aromatic N) is 1. The Bertz CT molecular complexity index is 766. The summed E-state index contributed by atoms with van der Waals surface area (Å²) >= 11 is 5.96. The number of likely N-dealkylation sites (tertiary alicyclic amines) is 1. The third kappa shape index (κ3) is 4.71. The van der Waals surface area contributed by atoms with Crippen LogP contribution in [0, 0.1) is 0 Å². The predicted molar refractivity (Wildman–Crippen MR) is 93.0 cm³/mol. The zero-order valence-electron chi connectivity index (χ0n) is 14.1. The van der Waals surface area contributed by atoms with E-state index in [0.29, 0.717) is 6.54 Å². The van der Waals surface area contributed by atoms with Crippen LogP contribution in [0.2, 0.25) is 5.02 Å². The molecule has 1 aliphatic rings. The molecule has 0 unspecified atom stereocenters. The molecule has 1 heterocycles. The summed E-state index contributed by atoms with van der Waals surface area (Å²) in [6, 6.07) is 3.83. The topological polar surface area (TPSA) is 92.8 Å². The summed E-state index contributed by atoms with van der Waals surface area (Å²) in [6.07, 6.45) is 2.93. The third-order valence-corrected chi connectivity index (χ3v) is 5.93. The molecule has 1 saturated heterocycles. The van der Waals surface area contributed by atoms with Gasteiger partial charge in [0.2, 0.25) is 10.0 Å². The number of benzene rings is 1. The second-order valence-corrected chi connectivity index (χ2v) is 8.15. The molecule has 0 saturated carbocycles. The van der Waals surface area contributed by atoms with Crippen molar-refractivity contribution in [2.75, 3.05) is 20.2 Å². The summed E-state index contributed by atoms with van der Waals surface area (Å²) in [7, 11) is -2.45. The molecule has 138 valence electrons. The van der Waals surface area contributed by atoms with Crippen LogP contribution >= 0.6 is 11.6 Å². The Labute approximate surface area is 152 Å². The molecular weight excluding hydrogens is 368 g/mol. The van der Waals surface area contributed by atoms with E-state index < -0.39 is 22.6 Å². The van der Waals surface area contributed by atoms with Gasteiger partial charge in [-0.05, 0) is 51.4 Å². The smallest absolute Gasteiger partial charge is 0.340 e. The number of piperidine rings is 1. The Morgan fingerprint density at radius 2 is 2.08 bits per heavy atom. The van der Waals surface area contributed by atoms with E-state index in [0.717, 1.165) is 25.3 Å². The summed E-state index contributed by atoms with van der Waals surface area (Å²) in [4.78, 5) is 26.0. The van der Waals surface area contributed by atoms with Gasteiger partial charge in [0.25, 0.3) is 5.91 Å². The first-order chi connectivity index (χ1) is 11.8. The third-order valence-electron chi connectivity index (χ3n) is 4.19. The summed E-state index contributed by atoms with van der Waals surface area (Å²) in [5.41, 5.74) is -0.0996. The number of halogens is 1. The molecule has 1 aliphatic heterocycles. The van der Waals surface area contributed by atoms with E-state index >= 15 is 0 Å². The number of hydrogen-bond donors (Lipinski definition) is 1. The molecule has 0 bridgehead atoms. The quantitative estimate of drug-likeness (QED) is 0.776. The molecular formula is C16H21ClN2O5S. The maximum absolute atomic E-state index is 12.2. The first-order valence-corrected chi connectivity index (χ1v) is 9.82. The summed E-state index contributed by atoms with van der Waals surface area (Å²) in [6.45, 7) is 2.21. The number of carbonyl (C=O) groups excluding carboxylic acids is 2. The molecule has 1 N–H and O–H groups in total. The summed E-state index contributed by atoms with van der Waals surface area (Å²) in [5.74, 6) is -1.10. The number of nitrogens with one attached hydrogen (secondary N) is 1. The first kappa shape index (κ1) is 19.7. The van der Waals surface area contributed by atoms with Crippen molar-refractivity contribution in [2.45, 2.75) is 37.1 Å². The maximum Gasteiger partial charge on any atom is 0.340 e. The fraction of sp³-hybridized carbons (Fsp3) is 0.500. The minimum atomic E-state index is -3.72. The van der Waals surface area contributed by atoms with E-state index in [2.05, 4.69) is 4.72 Å². The lowest BCUT2D eigenvalue weighted by Crippen LogP contribution is -2.44. The second-order valence-electron chi connectivity index (χ2n) is 5.86. The molecule has 0 aliphatic carbocycles. The van der Waals surface area contributed by atoms with Crippen molar-refractivity contribution >= 4 is 33.5 Å². The Hall–Kier alpha value is -1.64. The SMILES string of the molecule is CNS(=O)(=O)c1ccc(Cl)c(C(=O)OCC(=O)N2CCCC[C@H]2C)c1. The Morgan fingerprint density at radius 3 is 2.72 bits per heavy atom. The van der Waals surface area contributed by atoms with Gasteiger partial charge < -0.3 is 9.64 Å². The van der Waals surface area contributed by atoms with Crippen LogP contribution in [0.4, 0.5) is 0 Å². The molecule has 0 aromatic heterocycles. The van der Waals surface area contributed by atoms with Gasteiger partial charge in [0.1, 0.15) is 0 Å². The average Bonchev–Trinajstić information content (AvgIpc) is 2.60. The fourth-order valence-corrected chi connectivity index (χ4v) is 3.65. The van der Waals surface area contributed by atoms with Crippen molar-refractivity contribution in [3.05, 3.63) is 28.8 Å². The lowest BCUT2D eigenvalue weighted by atomic mass is 10.0. The molecule has 1 aromatic carbocycles. The number of rotatable bonds is 5. The van der Waals surface area contributed by atoms with E-state index in [1.54, 1.807) is 4.90 Å². The number of ether oxygens (including phenoxy) is 1. The fourth-order valence-electron chi connectivity index (χ4n) is 2.70. The Kier molecular flexibility index (Phi) is 6.42. The van der Waals surface area contributed by atoms with Gasteiger partial charge in [-0.2, -0.15) is 0 Å². The van der Waals surface area contributed by atoms with Gasteiger partial charge in [-0.3, -0.25) is 4.79 Å². The lowest BCUT2D eigenvalue weighted by molar-refractivity contribution is -0.137. The molecule has 1 amide bonds. The van der Waals surface area contributed by atoms with Crippen LogP contribution in [0.25, 0.3) is 0 Å². The average molecular weight is 389 g/mol. The standard InChI is InChI=1S/C16H21ClN2O5S/c1-11-5-3-4-8-19(11)15(20)10-24-16(21)13-9-12(6-7-14(13)17)25(22,23)18-2/h6-7,9,11,18H,3-5,8,10H2,1-2H3/t11-/m1/s1. The van der Waals surface area contributed by atoms with E-state index in [9.17, 15) is 18.0 Å². The van der Waals surface area contributed by atoms with Gasteiger partial charge in [0.05, 0.1) is 15.5 Å². The van der Waals surface area contributed by atoms with Crippen molar-refractivity contribution < 1.29 is 22.7 Å². The molecule has 1 atom stereocenters. The molecule has 25 heavy (non-hydrogen) atoms. The van der Waals surface area contributed by atoms with Gasteiger partial charge >= 0.3 is 5.97 Å². The second kappa shape index (κ2) is 8.16. The van der Waals surface area contributed by atoms with Crippen LogP contribution in [0.15, 0.2) is 23.1 Å². The van der Waals surface area contributed by atoms with E-state index in [-0.39, 0.29) is 27.4 Å². The molecule has 0 spiro atoms. The van der Waals surface area contributed by atoms with Gasteiger partial charge in [0, 0.05) is 12.6 Å². The largest absolute Gasteiger partial charge is 0.452 e. The number of amides is 1. The van der Waals surface area contributed by atoms with Crippen molar-refractivity contribution in [1.82, 2.24) is 9.62 Å². The Morgan fingerprint density at radius 1 is 1.36 bits per heavy atom. The monoisotopic (exact) mass is 388 g/mol. The van der Waals surface area contributed by atoms with Crippen molar-refractivity contribution in [3.63, 3.8) is 0 Å². The zero-order valence-corrected chi connectivity index (χ0v) is 15.7. The first-order valence-electron chi connectivity index (χ1n) is 7.96. The van der Waals surface area contributed by atoms with Crippen molar-refractivity contribution in [2.24, 2.45) is 0 Å². The van der Waals surface area contributed by atoms with E-state index in [1.165, 1.54) is 19.2 Å². The minimum absolute atomic E-state index is 0.0545. The van der Waals surface area contributed by atoms with E-state index in [4.69, 9.17) is 16.3 Å². The Balaban J connectivity index is 2.08. The zero-order chi connectivity index (χ0) is 18.6. The predicted octanol–water partition coefficient (Wildman–Crippen LogP) is 1.81. The van der Waals surface area contributed by atoms with Gasteiger partial charge in [0.15, 0.2) is 6.61 Å². The van der Waals surface area contributed by atoms with Crippen molar-refractivity contribution in [3.8, 4) is 0 Å². The number of esters is 1. The van der Waals surface area contributed by atoms with Gasteiger partial charge in [-0.1, -0.05) is 11.6 Å². The number of carbonyl (C=O) groups is 2. The minimum Gasteiger partial charge on any atom is -0.452 e. The van der Waals surface area contributed by atoms with Crippen molar-refractivity contribution in [1.29, 1.82) is 0 Å². The normalized spacial score (nSPS) is 18.0. The van der Waals surface area contributed by atoms with Crippen LogP contribution < -0.4 is 4.72 Å². The maximum atomic E-state index is 12.2. The highest BCUT2D eigenvalue weighted by atomic mass is 35.5. The highest BCUT2D eigenvalue weighted by molar-refractivity contribution is 7.89. The van der Waals surface area contributed by atoms with Crippen LogP contribution in [0.1, 0.15) is 36.5 Å². The molecule has 1 fully saturated rings. The lowest BCUT2D eigenvalue weighted by Gasteiger charge is -2.33. The van der Waals surface area contributed by atoms with Crippen LogP contribution in [-0.4, -0.2) is 51.4 Å². The molecule has 7 nitrogen and oxygen atoms in total. The van der Waals surface area contributed by atoms with E-state index in [1.807, 2.05) is 6.92 Å². The van der Waals surface area contributed by atoms with Crippen LogP contribution in [0.5, 0.6) is 0 Å². The van der Waals surface area contributed by atoms with Crippen LogP contribution in [-0.2, 0) is 19.6 Å². The summed E-state index contributed by atoms with van der Waals surface area (Å²) in [5, 5.41) is 0.0545. The molecule has 9 heteroatoms. The molecule has 1 aromatic rings.